The third-order valence-electron chi connectivity index (χ3n) is 13.2. The van der Waals surface area contributed by atoms with Crippen LogP contribution in [0.25, 0.3) is 0 Å². The van der Waals surface area contributed by atoms with E-state index in [1.165, 1.54) is 40.9 Å². The summed E-state index contributed by atoms with van der Waals surface area (Å²) in [6.45, 7) is 22.5. The Morgan fingerprint density at radius 2 is 1.72 bits per heavy atom. The van der Waals surface area contributed by atoms with Crippen LogP contribution >= 0.6 is 0 Å². The summed E-state index contributed by atoms with van der Waals surface area (Å²) in [6, 6.07) is 11.1. The Kier molecular flexibility index (Phi) is 9.13. The van der Waals surface area contributed by atoms with Gasteiger partial charge in [0.1, 0.15) is 5.78 Å². The summed E-state index contributed by atoms with van der Waals surface area (Å²) >= 11 is 0. The second-order valence-electron chi connectivity index (χ2n) is 17.7. The van der Waals surface area contributed by atoms with Crippen molar-refractivity contribution in [1.29, 1.82) is 0 Å². The first kappa shape index (κ1) is 35.1. The number of benzene rings is 2. The fourth-order valence-electron chi connectivity index (χ4n) is 11.0. The lowest BCUT2D eigenvalue weighted by Gasteiger charge is -2.56. The van der Waals surface area contributed by atoms with Gasteiger partial charge in [0.25, 0.3) is 5.91 Å². The zero-order valence-corrected chi connectivity index (χ0v) is 32.4. The van der Waals surface area contributed by atoms with E-state index in [4.69, 9.17) is 0 Å². The highest BCUT2D eigenvalue weighted by molar-refractivity contribution is 5.96. The molecule has 5 heteroatoms. The maximum Gasteiger partial charge on any atom is 0.253 e. The monoisotopic (exact) mass is 675 g/mol. The van der Waals surface area contributed by atoms with Gasteiger partial charge in [0.05, 0.1) is 0 Å². The molecule has 4 unspecified atom stereocenters. The molecule has 0 spiro atoms. The van der Waals surface area contributed by atoms with Crippen molar-refractivity contribution in [1.82, 2.24) is 9.80 Å². The van der Waals surface area contributed by atoms with Crippen molar-refractivity contribution in [3.63, 3.8) is 0 Å². The van der Waals surface area contributed by atoms with E-state index in [0.29, 0.717) is 31.2 Å². The Bertz CT molecular complexity index is 1740. The second kappa shape index (κ2) is 13.0. The van der Waals surface area contributed by atoms with Crippen molar-refractivity contribution in [2.75, 3.05) is 38.1 Å². The van der Waals surface area contributed by atoms with Crippen molar-refractivity contribution in [3.8, 4) is 0 Å². The molecule has 0 aromatic heterocycles. The lowest BCUT2D eigenvalue weighted by Crippen LogP contribution is -2.53. The molecule has 0 radical (unpaired) electrons. The zero-order chi connectivity index (χ0) is 35.7. The van der Waals surface area contributed by atoms with Crippen LogP contribution in [0.1, 0.15) is 132 Å². The molecule has 0 N–H and O–H groups in total. The molecule has 2 aromatic rings. The number of anilines is 1. The van der Waals surface area contributed by atoms with Gasteiger partial charge in [0, 0.05) is 91.2 Å². The molecule has 2 aliphatic carbocycles. The molecule has 2 aromatic carbocycles. The Morgan fingerprint density at radius 1 is 1.00 bits per heavy atom. The molecule has 1 fully saturated rings. The third-order valence-corrected chi connectivity index (χ3v) is 13.2. The molecular formula is C45H61N3O2. The minimum absolute atomic E-state index is 0.0213. The lowest BCUT2D eigenvalue weighted by molar-refractivity contribution is -0.122. The van der Waals surface area contributed by atoms with Gasteiger partial charge < -0.3 is 14.7 Å². The summed E-state index contributed by atoms with van der Waals surface area (Å²) in [7, 11) is 1.91. The average Bonchev–Trinajstić information content (AvgIpc) is 3.07. The Hall–Kier alpha value is -3.34. The van der Waals surface area contributed by atoms with Crippen LogP contribution in [0, 0.1) is 23.7 Å². The van der Waals surface area contributed by atoms with E-state index in [1.807, 2.05) is 31.9 Å². The van der Waals surface area contributed by atoms with Crippen molar-refractivity contribution in [2.45, 2.75) is 117 Å². The standard InChI is InChI=1S/C45H61N3O2/c1-10-48-38-26-37-35(25-34(38)29(4)27-44(48,5)6)40(31-17-11-12-18-32(31)43(50)46(9)21-15-20-39(49)28(2)3)36-24-30-16-13-22-47-23-14-19-33(42(30)47)41(36)45(37,7)8/h11-12,17-18,24-26,28-29,34,37,40H,10,13-16,19-23,27H2,1-9H3. The number of carbonyl (C=O) groups is 2. The van der Waals surface area contributed by atoms with Gasteiger partial charge in [-0.05, 0) is 99.1 Å². The molecule has 0 saturated carbocycles. The van der Waals surface area contributed by atoms with Crippen LogP contribution in [-0.2, 0) is 23.1 Å². The summed E-state index contributed by atoms with van der Waals surface area (Å²) < 4.78 is 0. The van der Waals surface area contributed by atoms with Crippen LogP contribution in [0.4, 0.5) is 5.69 Å². The number of carbonyl (C=O) groups excluding carboxylic acids is 2. The molecular weight excluding hydrogens is 615 g/mol. The summed E-state index contributed by atoms with van der Waals surface area (Å²) in [4.78, 5) is 34.1. The van der Waals surface area contributed by atoms with Gasteiger partial charge in [-0.3, -0.25) is 9.59 Å². The Labute approximate surface area is 302 Å². The molecule has 7 rings (SSSR count). The van der Waals surface area contributed by atoms with Gasteiger partial charge in [-0.15, -0.1) is 0 Å². The van der Waals surface area contributed by atoms with Gasteiger partial charge in [-0.25, -0.2) is 0 Å². The van der Waals surface area contributed by atoms with E-state index in [9.17, 15) is 9.59 Å². The SMILES string of the molecule is CCN1C2=CC3C(=CC2C(C)CC1(C)C)C(c1ccccc1C(=O)N(C)CCCC(=O)C(C)C)c1cc2c4c(c1C3(C)C)CCCN4CCC2. The van der Waals surface area contributed by atoms with Crippen LogP contribution in [0.5, 0.6) is 0 Å². The van der Waals surface area contributed by atoms with E-state index in [-0.39, 0.29) is 40.4 Å². The number of rotatable bonds is 8. The number of amides is 1. The summed E-state index contributed by atoms with van der Waals surface area (Å²) in [5.41, 5.74) is 12.6. The molecule has 268 valence electrons. The van der Waals surface area contributed by atoms with Crippen LogP contribution in [0.15, 0.2) is 53.8 Å². The molecule has 1 saturated heterocycles. The number of aryl methyl sites for hydroxylation is 1. The number of piperidine rings is 1. The molecule has 0 bridgehead atoms. The molecule has 5 nitrogen and oxygen atoms in total. The molecule has 3 aliphatic heterocycles. The van der Waals surface area contributed by atoms with Gasteiger partial charge in [-0.1, -0.05) is 76.6 Å². The van der Waals surface area contributed by atoms with Gasteiger partial charge >= 0.3 is 0 Å². The van der Waals surface area contributed by atoms with Crippen LogP contribution in [0.3, 0.4) is 0 Å². The van der Waals surface area contributed by atoms with Gasteiger partial charge in [-0.2, -0.15) is 0 Å². The fourth-order valence-corrected chi connectivity index (χ4v) is 11.0. The van der Waals surface area contributed by atoms with Crippen LogP contribution < -0.4 is 4.90 Å². The van der Waals surface area contributed by atoms with Gasteiger partial charge in [0.15, 0.2) is 0 Å². The number of hydrogen-bond donors (Lipinski definition) is 0. The largest absolute Gasteiger partial charge is 0.371 e. The first-order valence-electron chi connectivity index (χ1n) is 19.8. The molecule has 4 atom stereocenters. The van der Waals surface area contributed by atoms with Crippen molar-refractivity contribution in [2.24, 2.45) is 23.7 Å². The predicted molar refractivity (Wildman–Crippen MR) is 206 cm³/mol. The number of likely N-dealkylation sites (tertiary alicyclic amines) is 1. The number of allylic oxidation sites excluding steroid dienone is 3. The minimum atomic E-state index is -0.0939. The highest BCUT2D eigenvalue weighted by Gasteiger charge is 2.51. The van der Waals surface area contributed by atoms with Crippen molar-refractivity contribution in [3.05, 3.63) is 87.1 Å². The molecule has 1 amide bonds. The zero-order valence-electron chi connectivity index (χ0n) is 32.4. The highest BCUT2D eigenvalue weighted by Crippen LogP contribution is 2.60. The highest BCUT2D eigenvalue weighted by atomic mass is 16.2. The normalized spacial score (nSPS) is 25.9. The minimum Gasteiger partial charge on any atom is -0.371 e. The number of nitrogens with zero attached hydrogens (tertiary/aromatic N) is 3. The van der Waals surface area contributed by atoms with E-state index < -0.39 is 0 Å². The van der Waals surface area contributed by atoms with Crippen LogP contribution in [0.2, 0.25) is 0 Å². The van der Waals surface area contributed by atoms with Crippen molar-refractivity contribution < 1.29 is 9.59 Å². The number of hydrogen-bond acceptors (Lipinski definition) is 4. The topological polar surface area (TPSA) is 43.9 Å². The van der Waals surface area contributed by atoms with E-state index in [0.717, 1.165) is 50.0 Å². The fraction of sp³-hybridized carbons (Fsp3) is 0.600. The third kappa shape index (κ3) is 5.66. The quantitative estimate of drug-likeness (QED) is 0.262. The molecule has 5 aliphatic rings. The molecule has 50 heavy (non-hydrogen) atoms. The summed E-state index contributed by atoms with van der Waals surface area (Å²) in [5.74, 6) is 1.51. The summed E-state index contributed by atoms with van der Waals surface area (Å²) in [6.07, 6.45) is 12.4. The number of fused-ring (bicyclic) bond motifs is 4. The number of ketones is 1. The van der Waals surface area contributed by atoms with E-state index in [1.54, 1.807) is 11.1 Å². The Morgan fingerprint density at radius 3 is 2.44 bits per heavy atom. The van der Waals surface area contributed by atoms with Crippen molar-refractivity contribution >= 4 is 17.4 Å². The summed E-state index contributed by atoms with van der Waals surface area (Å²) in [5, 5.41) is 0. The second-order valence-corrected chi connectivity index (χ2v) is 17.7. The first-order valence-corrected chi connectivity index (χ1v) is 19.8. The van der Waals surface area contributed by atoms with E-state index >= 15 is 0 Å². The number of Topliss-reactive ketones (excluding diaryl/α,β-unsaturated/α-hetero) is 1. The first-order chi connectivity index (χ1) is 23.8. The van der Waals surface area contributed by atoms with E-state index in [2.05, 4.69) is 87.8 Å². The molecule has 3 heterocycles. The Balaban J connectivity index is 1.41. The lowest BCUT2D eigenvalue weighted by atomic mass is 9.54. The smallest absolute Gasteiger partial charge is 0.253 e. The predicted octanol–water partition coefficient (Wildman–Crippen LogP) is 9.08. The van der Waals surface area contributed by atoms with Crippen LogP contribution in [-0.4, -0.2) is 60.3 Å². The maximum atomic E-state index is 14.5. The van der Waals surface area contributed by atoms with Gasteiger partial charge in [0.2, 0.25) is 0 Å². The average molecular weight is 676 g/mol. The maximum absolute atomic E-state index is 14.5.